The first-order chi connectivity index (χ1) is 17.0. The van der Waals surface area contributed by atoms with E-state index in [9.17, 15) is 20.1 Å². The van der Waals surface area contributed by atoms with Crippen molar-refractivity contribution < 1.29 is 9.53 Å². The van der Waals surface area contributed by atoms with Crippen molar-refractivity contribution in [2.45, 2.75) is 49.4 Å². The number of thioether (sulfide) groups is 1. The predicted octanol–water partition coefficient (Wildman–Crippen LogP) is 4.64. The average Bonchev–Trinajstić information content (AvgIpc) is 3.23. The number of methoxy groups -OCH3 is 1. The standard InChI is InChI=1S/C25H23N5O3S2/c1-3-19(23(32)29-24-17(12-26)16-6-4-5-7-20(16)34-24)35-25-28-21(18(13-27)22(31)30-25)14-8-10-15(33-2)11-9-14/h8-11,19H,3-7H2,1-2H3,(H,29,32)(H,28,30,31)/t19-/m0/s1. The summed E-state index contributed by atoms with van der Waals surface area (Å²) in [4.78, 5) is 34.1. The van der Waals surface area contributed by atoms with Crippen molar-refractivity contribution in [1.82, 2.24) is 9.97 Å². The Bertz CT molecular complexity index is 1400. The summed E-state index contributed by atoms with van der Waals surface area (Å²) in [5, 5.41) is 22.4. The number of nitriles is 2. The molecule has 0 aliphatic heterocycles. The molecule has 1 aromatic carbocycles. The van der Waals surface area contributed by atoms with Crippen LogP contribution in [-0.2, 0) is 17.6 Å². The SMILES string of the molecule is CC[C@H](Sc1nc(-c2ccc(OC)cc2)c(C#N)c(=O)[nH]1)C(=O)Nc1sc2c(c1C#N)CCCC2. The molecule has 4 rings (SSSR count). The number of fused-ring (bicyclic) bond motifs is 1. The summed E-state index contributed by atoms with van der Waals surface area (Å²) in [7, 11) is 1.55. The van der Waals surface area contributed by atoms with E-state index in [2.05, 4.69) is 21.4 Å². The lowest BCUT2D eigenvalue weighted by molar-refractivity contribution is -0.115. The Balaban J connectivity index is 1.60. The number of carbonyl (C=O) groups excluding carboxylic acids is 1. The lowest BCUT2D eigenvalue weighted by Crippen LogP contribution is -2.25. The van der Waals surface area contributed by atoms with E-state index in [0.29, 0.717) is 28.3 Å². The Morgan fingerprint density at radius 1 is 1.23 bits per heavy atom. The number of benzene rings is 1. The van der Waals surface area contributed by atoms with Crippen molar-refractivity contribution in [2.24, 2.45) is 0 Å². The fourth-order valence-corrected chi connectivity index (χ4v) is 6.13. The molecule has 8 nitrogen and oxygen atoms in total. The summed E-state index contributed by atoms with van der Waals surface area (Å²) in [5.41, 5.74) is 1.79. The number of H-pyrrole nitrogens is 1. The van der Waals surface area contributed by atoms with E-state index in [-0.39, 0.29) is 22.3 Å². The maximum atomic E-state index is 13.1. The molecule has 10 heteroatoms. The second-order valence-corrected chi connectivity index (χ2v) is 10.3. The van der Waals surface area contributed by atoms with Gasteiger partial charge in [0.15, 0.2) is 5.16 Å². The van der Waals surface area contributed by atoms with Crippen molar-refractivity contribution in [2.75, 3.05) is 12.4 Å². The number of aromatic nitrogens is 2. The smallest absolute Gasteiger partial charge is 0.270 e. The number of rotatable bonds is 7. The molecule has 178 valence electrons. The third-order valence-corrected chi connectivity index (χ3v) is 8.27. The van der Waals surface area contributed by atoms with Gasteiger partial charge in [-0.15, -0.1) is 11.3 Å². The Hall–Kier alpha value is -3.60. The van der Waals surface area contributed by atoms with Gasteiger partial charge in [-0.1, -0.05) is 18.7 Å². The minimum Gasteiger partial charge on any atom is -0.497 e. The maximum Gasteiger partial charge on any atom is 0.270 e. The number of aromatic amines is 1. The van der Waals surface area contributed by atoms with Crippen molar-refractivity contribution in [1.29, 1.82) is 10.5 Å². The van der Waals surface area contributed by atoms with Gasteiger partial charge in [0.05, 0.1) is 23.6 Å². The molecule has 3 aromatic rings. The minimum atomic E-state index is -0.566. The molecule has 0 fully saturated rings. The first-order valence-corrected chi connectivity index (χ1v) is 12.9. The molecule has 2 aromatic heterocycles. The first-order valence-electron chi connectivity index (χ1n) is 11.2. The molecule has 0 unspecified atom stereocenters. The van der Waals surface area contributed by atoms with Gasteiger partial charge in [0.25, 0.3) is 5.56 Å². The number of hydrogen-bond donors (Lipinski definition) is 2. The van der Waals surface area contributed by atoms with E-state index in [1.165, 1.54) is 16.2 Å². The van der Waals surface area contributed by atoms with Crippen molar-refractivity contribution in [3.05, 3.63) is 56.2 Å². The number of aryl methyl sites for hydroxylation is 1. The largest absolute Gasteiger partial charge is 0.497 e. The number of hydrogen-bond acceptors (Lipinski definition) is 8. The van der Waals surface area contributed by atoms with Crippen LogP contribution in [0.2, 0.25) is 0 Å². The lowest BCUT2D eigenvalue weighted by atomic mass is 9.96. The second-order valence-electron chi connectivity index (χ2n) is 7.97. The Kier molecular flexibility index (Phi) is 7.54. The lowest BCUT2D eigenvalue weighted by Gasteiger charge is -2.14. The zero-order chi connectivity index (χ0) is 24.9. The van der Waals surface area contributed by atoms with Crippen LogP contribution >= 0.6 is 23.1 Å². The van der Waals surface area contributed by atoms with Gasteiger partial charge < -0.3 is 15.0 Å². The molecule has 2 N–H and O–H groups in total. The number of ether oxygens (including phenoxy) is 1. The Morgan fingerprint density at radius 2 is 1.94 bits per heavy atom. The third-order valence-electron chi connectivity index (χ3n) is 5.81. The number of nitrogens with one attached hydrogen (secondary N) is 2. The summed E-state index contributed by atoms with van der Waals surface area (Å²) < 4.78 is 5.17. The highest BCUT2D eigenvalue weighted by molar-refractivity contribution is 8.00. The van der Waals surface area contributed by atoms with Gasteiger partial charge in [-0.3, -0.25) is 9.59 Å². The third kappa shape index (κ3) is 5.09. The molecule has 0 saturated carbocycles. The normalized spacial score (nSPS) is 13.3. The molecule has 0 spiro atoms. The van der Waals surface area contributed by atoms with E-state index in [0.717, 1.165) is 43.0 Å². The highest BCUT2D eigenvalue weighted by Crippen LogP contribution is 2.38. The summed E-state index contributed by atoms with van der Waals surface area (Å²) in [5.74, 6) is 0.381. The minimum absolute atomic E-state index is 0.0974. The summed E-state index contributed by atoms with van der Waals surface area (Å²) in [6.07, 6.45) is 4.41. The van der Waals surface area contributed by atoms with Crippen LogP contribution in [0.25, 0.3) is 11.3 Å². The van der Waals surface area contributed by atoms with Crippen LogP contribution < -0.4 is 15.6 Å². The molecular weight excluding hydrogens is 482 g/mol. The monoisotopic (exact) mass is 505 g/mol. The molecular formula is C25H23N5O3S2. The number of amides is 1. The molecule has 0 radical (unpaired) electrons. The Morgan fingerprint density at radius 3 is 2.60 bits per heavy atom. The zero-order valence-electron chi connectivity index (χ0n) is 19.3. The first kappa shape index (κ1) is 24.5. The highest BCUT2D eigenvalue weighted by atomic mass is 32.2. The molecule has 1 aliphatic rings. The van der Waals surface area contributed by atoms with Gasteiger partial charge >= 0.3 is 0 Å². The number of anilines is 1. The van der Waals surface area contributed by atoms with Gasteiger partial charge in [-0.2, -0.15) is 10.5 Å². The number of thiophene rings is 1. The van der Waals surface area contributed by atoms with E-state index in [1.807, 2.05) is 13.0 Å². The van der Waals surface area contributed by atoms with Crippen molar-refractivity contribution >= 4 is 34.0 Å². The van der Waals surface area contributed by atoms with Crippen LogP contribution in [0.3, 0.4) is 0 Å². The molecule has 0 saturated heterocycles. The van der Waals surface area contributed by atoms with Crippen LogP contribution in [0.15, 0.2) is 34.2 Å². The van der Waals surface area contributed by atoms with Gasteiger partial charge in [0, 0.05) is 10.4 Å². The van der Waals surface area contributed by atoms with Gasteiger partial charge in [-0.05, 0) is 61.9 Å². The van der Waals surface area contributed by atoms with Crippen LogP contribution in [0.1, 0.15) is 47.8 Å². The van der Waals surface area contributed by atoms with Crippen molar-refractivity contribution in [3.63, 3.8) is 0 Å². The van der Waals surface area contributed by atoms with E-state index in [4.69, 9.17) is 4.74 Å². The van der Waals surface area contributed by atoms with Crippen LogP contribution in [-0.4, -0.2) is 28.2 Å². The molecule has 1 amide bonds. The summed E-state index contributed by atoms with van der Waals surface area (Å²) in [6, 6.07) is 11.1. The van der Waals surface area contributed by atoms with Crippen LogP contribution in [0, 0.1) is 22.7 Å². The molecule has 0 bridgehead atoms. The fraction of sp³-hybridized carbons (Fsp3) is 0.320. The van der Waals surface area contributed by atoms with Crippen molar-refractivity contribution in [3.8, 4) is 29.1 Å². The van der Waals surface area contributed by atoms with Gasteiger partial charge in [-0.25, -0.2) is 4.98 Å². The molecule has 1 aliphatic carbocycles. The molecule has 2 heterocycles. The van der Waals surface area contributed by atoms with Gasteiger partial charge in [0.1, 0.15) is 28.5 Å². The predicted molar refractivity (Wildman–Crippen MR) is 136 cm³/mol. The average molecular weight is 506 g/mol. The summed E-state index contributed by atoms with van der Waals surface area (Å²) in [6.45, 7) is 1.87. The van der Waals surface area contributed by atoms with E-state index in [1.54, 1.807) is 31.4 Å². The molecule has 1 atom stereocenters. The van der Waals surface area contributed by atoms with E-state index < -0.39 is 10.8 Å². The maximum absolute atomic E-state index is 13.1. The van der Waals surface area contributed by atoms with Gasteiger partial charge in [0.2, 0.25) is 5.91 Å². The Labute approximate surface area is 211 Å². The highest BCUT2D eigenvalue weighted by Gasteiger charge is 2.26. The number of nitrogens with zero attached hydrogens (tertiary/aromatic N) is 3. The van der Waals surface area contributed by atoms with Crippen LogP contribution in [0.4, 0.5) is 5.00 Å². The van der Waals surface area contributed by atoms with E-state index >= 15 is 0 Å². The fourth-order valence-electron chi connectivity index (χ4n) is 3.99. The van der Waals surface area contributed by atoms with Crippen LogP contribution in [0.5, 0.6) is 5.75 Å². The summed E-state index contributed by atoms with van der Waals surface area (Å²) >= 11 is 2.60. The quantitative estimate of drug-likeness (QED) is 0.353. The molecule has 35 heavy (non-hydrogen) atoms. The topological polar surface area (TPSA) is 132 Å². The zero-order valence-corrected chi connectivity index (χ0v) is 20.9. The second kappa shape index (κ2) is 10.8. The number of carbonyl (C=O) groups is 1.